The lowest BCUT2D eigenvalue weighted by Crippen LogP contribution is -2.24. The fourth-order valence-corrected chi connectivity index (χ4v) is 3.56. The third-order valence-corrected chi connectivity index (χ3v) is 5.03. The number of fused-ring (bicyclic) bond motifs is 2. The number of alkyl halides is 2. The molecule has 1 amide bonds. The minimum absolute atomic E-state index is 0.175. The van der Waals surface area contributed by atoms with E-state index in [1.165, 1.54) is 4.90 Å². The summed E-state index contributed by atoms with van der Waals surface area (Å²) in [5.41, 5.74) is 3.11. The van der Waals surface area contributed by atoms with Crippen LogP contribution in [0.3, 0.4) is 0 Å². The van der Waals surface area contributed by atoms with Crippen molar-refractivity contribution in [2.24, 2.45) is 0 Å². The minimum atomic E-state index is -2.72. The Morgan fingerprint density at radius 2 is 2.11 bits per heavy atom. The number of amides is 1. The smallest absolute Gasteiger partial charge is 0.298 e. The van der Waals surface area contributed by atoms with Gasteiger partial charge in [0.05, 0.1) is 13.2 Å². The van der Waals surface area contributed by atoms with E-state index in [0.717, 1.165) is 17.7 Å². The van der Waals surface area contributed by atoms with Crippen LogP contribution < -0.4 is 15.0 Å². The summed E-state index contributed by atoms with van der Waals surface area (Å²) in [6.45, 7) is 0.436. The lowest BCUT2D eigenvalue weighted by atomic mass is 10.1. The van der Waals surface area contributed by atoms with Gasteiger partial charge in [-0.25, -0.2) is 8.78 Å². The standard InChI is InChI=1S/C20H17F2N3O3/c21-20(22)6-7-25(11-20)19-24-15-10-14(2-4-17(15)28-19)23-18(26)13-1-3-16-12(9-13)5-8-27-16/h1-4,9-10H,5-8,11H2,(H,23,26). The lowest BCUT2D eigenvalue weighted by Gasteiger charge is -2.12. The van der Waals surface area contributed by atoms with Crippen molar-refractivity contribution in [2.75, 3.05) is 29.9 Å². The van der Waals surface area contributed by atoms with Crippen LogP contribution in [0.1, 0.15) is 22.3 Å². The number of hydrogen-bond acceptors (Lipinski definition) is 5. The molecule has 0 bridgehead atoms. The average Bonchev–Trinajstić information content (AvgIpc) is 3.37. The van der Waals surface area contributed by atoms with Crippen LogP contribution in [-0.2, 0) is 6.42 Å². The van der Waals surface area contributed by atoms with E-state index in [2.05, 4.69) is 10.3 Å². The zero-order chi connectivity index (χ0) is 19.3. The average molecular weight is 385 g/mol. The molecule has 1 N–H and O–H groups in total. The normalized spacial score (nSPS) is 17.6. The predicted molar refractivity (Wildman–Crippen MR) is 99.4 cm³/mol. The Kier molecular flexibility index (Phi) is 3.75. The van der Waals surface area contributed by atoms with Crippen LogP contribution in [0.4, 0.5) is 20.5 Å². The van der Waals surface area contributed by atoms with E-state index in [4.69, 9.17) is 9.15 Å². The number of anilines is 2. The van der Waals surface area contributed by atoms with Gasteiger partial charge >= 0.3 is 0 Å². The number of aromatic nitrogens is 1. The fourth-order valence-electron chi connectivity index (χ4n) is 3.56. The molecule has 28 heavy (non-hydrogen) atoms. The third kappa shape index (κ3) is 3.04. The van der Waals surface area contributed by atoms with E-state index in [1.807, 2.05) is 6.07 Å². The molecule has 1 aromatic heterocycles. The number of nitrogens with zero attached hydrogens (tertiary/aromatic N) is 2. The minimum Gasteiger partial charge on any atom is -0.493 e. The Balaban J connectivity index is 1.35. The lowest BCUT2D eigenvalue weighted by molar-refractivity contribution is 0.0254. The number of nitrogens with one attached hydrogen (secondary N) is 1. The number of ether oxygens (including phenoxy) is 1. The quantitative estimate of drug-likeness (QED) is 0.742. The highest BCUT2D eigenvalue weighted by Crippen LogP contribution is 2.33. The van der Waals surface area contributed by atoms with Gasteiger partial charge in [0.1, 0.15) is 11.3 Å². The summed E-state index contributed by atoms with van der Waals surface area (Å²) in [6, 6.07) is 10.6. The Bertz CT molecular complexity index is 1080. The van der Waals surface area contributed by atoms with Gasteiger partial charge in [0.2, 0.25) is 0 Å². The first-order chi connectivity index (χ1) is 13.5. The zero-order valence-electron chi connectivity index (χ0n) is 14.9. The maximum atomic E-state index is 13.4. The first kappa shape index (κ1) is 17.0. The largest absolute Gasteiger partial charge is 0.493 e. The van der Waals surface area contributed by atoms with Crippen LogP contribution in [0.2, 0.25) is 0 Å². The molecule has 2 aromatic carbocycles. The van der Waals surface area contributed by atoms with Gasteiger partial charge in [-0.3, -0.25) is 4.79 Å². The van der Waals surface area contributed by atoms with Gasteiger partial charge in [0, 0.05) is 30.6 Å². The van der Waals surface area contributed by atoms with E-state index in [0.29, 0.717) is 29.0 Å². The second-order valence-corrected chi connectivity index (χ2v) is 7.08. The molecule has 1 saturated heterocycles. The molecule has 3 heterocycles. The first-order valence-electron chi connectivity index (χ1n) is 9.07. The van der Waals surface area contributed by atoms with Crippen LogP contribution in [0, 0.1) is 0 Å². The second-order valence-electron chi connectivity index (χ2n) is 7.08. The zero-order valence-corrected chi connectivity index (χ0v) is 14.9. The summed E-state index contributed by atoms with van der Waals surface area (Å²) < 4.78 is 37.9. The van der Waals surface area contributed by atoms with Crippen LogP contribution >= 0.6 is 0 Å². The van der Waals surface area contributed by atoms with Crippen molar-refractivity contribution in [1.29, 1.82) is 0 Å². The molecule has 0 saturated carbocycles. The SMILES string of the molecule is O=C(Nc1ccc2oc(N3CCC(F)(F)C3)nc2c1)c1ccc2c(c1)CCO2. The molecule has 0 aliphatic carbocycles. The Labute approximate surface area is 159 Å². The number of carbonyl (C=O) groups excluding carboxylic acids is 1. The Morgan fingerprint density at radius 3 is 2.93 bits per heavy atom. The van der Waals surface area contributed by atoms with Gasteiger partial charge in [0.25, 0.3) is 17.8 Å². The van der Waals surface area contributed by atoms with E-state index in [9.17, 15) is 13.6 Å². The maximum Gasteiger partial charge on any atom is 0.298 e. The third-order valence-electron chi connectivity index (χ3n) is 5.03. The van der Waals surface area contributed by atoms with Crippen molar-refractivity contribution in [2.45, 2.75) is 18.8 Å². The van der Waals surface area contributed by atoms with Crippen molar-refractivity contribution in [1.82, 2.24) is 4.98 Å². The summed E-state index contributed by atoms with van der Waals surface area (Å²) in [5, 5.41) is 2.84. The van der Waals surface area contributed by atoms with E-state index in [1.54, 1.807) is 30.3 Å². The van der Waals surface area contributed by atoms with Gasteiger partial charge in [-0.2, -0.15) is 4.98 Å². The molecule has 5 rings (SSSR count). The molecule has 3 aromatic rings. The second kappa shape index (κ2) is 6.19. The van der Waals surface area contributed by atoms with Gasteiger partial charge < -0.3 is 19.4 Å². The highest BCUT2D eigenvalue weighted by Gasteiger charge is 2.40. The molecule has 2 aliphatic heterocycles. The molecule has 0 atom stereocenters. The number of carbonyl (C=O) groups is 1. The van der Waals surface area contributed by atoms with Gasteiger partial charge in [0.15, 0.2) is 5.58 Å². The first-order valence-corrected chi connectivity index (χ1v) is 9.07. The molecule has 0 spiro atoms. The molecule has 8 heteroatoms. The molecule has 1 fully saturated rings. The molecular formula is C20H17F2N3O3. The van der Waals surface area contributed by atoms with Crippen LogP contribution in [0.15, 0.2) is 40.8 Å². The number of oxazole rings is 1. The Morgan fingerprint density at radius 1 is 1.21 bits per heavy atom. The highest BCUT2D eigenvalue weighted by molar-refractivity contribution is 6.05. The van der Waals surface area contributed by atoms with E-state index >= 15 is 0 Å². The van der Waals surface area contributed by atoms with E-state index in [-0.39, 0.29) is 24.9 Å². The Hall–Kier alpha value is -3.16. The fraction of sp³-hybridized carbons (Fsp3) is 0.300. The summed E-state index contributed by atoms with van der Waals surface area (Å²) >= 11 is 0. The number of rotatable bonds is 3. The van der Waals surface area contributed by atoms with Crippen molar-refractivity contribution in [3.63, 3.8) is 0 Å². The number of hydrogen-bond donors (Lipinski definition) is 1. The van der Waals surface area contributed by atoms with Crippen LogP contribution in [0.25, 0.3) is 11.1 Å². The summed E-state index contributed by atoms with van der Waals surface area (Å²) in [4.78, 5) is 18.3. The summed E-state index contributed by atoms with van der Waals surface area (Å²) in [6.07, 6.45) is 0.582. The number of benzene rings is 2. The van der Waals surface area contributed by atoms with Crippen molar-refractivity contribution >= 4 is 28.7 Å². The van der Waals surface area contributed by atoms with Crippen LogP contribution in [0.5, 0.6) is 5.75 Å². The molecular weight excluding hydrogens is 368 g/mol. The summed E-state index contributed by atoms with van der Waals surface area (Å²) in [7, 11) is 0. The van der Waals surface area contributed by atoms with Crippen LogP contribution in [-0.4, -0.2) is 36.5 Å². The van der Waals surface area contributed by atoms with Crippen molar-refractivity contribution < 1.29 is 22.7 Å². The van der Waals surface area contributed by atoms with Crippen molar-refractivity contribution in [3.8, 4) is 5.75 Å². The molecule has 2 aliphatic rings. The van der Waals surface area contributed by atoms with Gasteiger partial charge in [-0.1, -0.05) is 0 Å². The monoisotopic (exact) mass is 385 g/mol. The summed E-state index contributed by atoms with van der Waals surface area (Å²) in [5.74, 6) is -2.14. The molecule has 0 radical (unpaired) electrons. The van der Waals surface area contributed by atoms with Gasteiger partial charge in [-0.15, -0.1) is 0 Å². The molecule has 6 nitrogen and oxygen atoms in total. The van der Waals surface area contributed by atoms with E-state index < -0.39 is 12.5 Å². The predicted octanol–water partition coefficient (Wildman–Crippen LogP) is 3.86. The maximum absolute atomic E-state index is 13.4. The highest BCUT2D eigenvalue weighted by atomic mass is 19.3. The van der Waals surface area contributed by atoms with Crippen molar-refractivity contribution in [3.05, 3.63) is 47.5 Å². The number of halogens is 2. The molecule has 0 unspecified atom stereocenters. The molecule has 144 valence electrons. The topological polar surface area (TPSA) is 67.6 Å². The van der Waals surface area contributed by atoms with Gasteiger partial charge in [-0.05, 0) is 42.0 Å².